The second kappa shape index (κ2) is 9.04. The highest BCUT2D eigenvalue weighted by molar-refractivity contribution is 6.33. The van der Waals surface area contributed by atoms with Gasteiger partial charge in [0.1, 0.15) is 0 Å². The van der Waals surface area contributed by atoms with Gasteiger partial charge in [-0.3, -0.25) is 0 Å². The van der Waals surface area contributed by atoms with Gasteiger partial charge in [0, 0.05) is 31.7 Å². The Bertz CT molecular complexity index is 1080. The zero-order chi connectivity index (χ0) is 22.7. The quantitative estimate of drug-likeness (QED) is 0.584. The molecular formula is C22H19ClF3N5O. The van der Waals surface area contributed by atoms with Gasteiger partial charge >= 0.3 is 12.2 Å². The number of nitrogens with one attached hydrogen (secondary N) is 1. The number of urea groups is 1. The molecule has 0 saturated carbocycles. The number of amides is 2. The molecule has 1 aliphatic heterocycles. The van der Waals surface area contributed by atoms with Crippen LogP contribution < -0.4 is 10.2 Å². The number of hydrogen-bond acceptors (Lipinski definition) is 4. The summed E-state index contributed by atoms with van der Waals surface area (Å²) in [5.41, 5.74) is 0.794. The van der Waals surface area contributed by atoms with E-state index in [1.165, 1.54) is 4.90 Å². The van der Waals surface area contributed by atoms with Gasteiger partial charge in [-0.25, -0.2) is 4.79 Å². The molecule has 32 heavy (non-hydrogen) atoms. The van der Waals surface area contributed by atoms with E-state index in [4.69, 9.17) is 11.6 Å². The molecule has 1 fully saturated rings. The van der Waals surface area contributed by atoms with Crippen molar-refractivity contribution in [2.24, 2.45) is 0 Å². The molecule has 1 aromatic heterocycles. The maximum atomic E-state index is 12.9. The summed E-state index contributed by atoms with van der Waals surface area (Å²) >= 11 is 5.97. The first kappa shape index (κ1) is 21.9. The highest BCUT2D eigenvalue weighted by atomic mass is 35.5. The molecule has 4 rings (SSSR count). The first-order valence-corrected chi connectivity index (χ1v) is 10.3. The summed E-state index contributed by atoms with van der Waals surface area (Å²) in [5.74, 6) is 0.700. The Kier molecular flexibility index (Phi) is 6.18. The summed E-state index contributed by atoms with van der Waals surface area (Å²) in [4.78, 5) is 16.1. The molecule has 1 aliphatic rings. The number of anilines is 2. The molecule has 1 saturated heterocycles. The molecule has 6 nitrogen and oxygen atoms in total. The van der Waals surface area contributed by atoms with E-state index < -0.39 is 17.8 Å². The van der Waals surface area contributed by atoms with Gasteiger partial charge in [0.05, 0.1) is 22.0 Å². The fourth-order valence-electron chi connectivity index (χ4n) is 3.39. The summed E-state index contributed by atoms with van der Waals surface area (Å²) in [7, 11) is 0. The van der Waals surface area contributed by atoms with E-state index in [2.05, 4.69) is 15.5 Å². The van der Waals surface area contributed by atoms with Gasteiger partial charge in [0.25, 0.3) is 0 Å². The topological polar surface area (TPSA) is 61.4 Å². The van der Waals surface area contributed by atoms with Gasteiger partial charge in [0.15, 0.2) is 5.82 Å². The molecule has 10 heteroatoms. The van der Waals surface area contributed by atoms with Crippen LogP contribution in [0.5, 0.6) is 0 Å². The minimum Gasteiger partial charge on any atom is -0.352 e. The lowest BCUT2D eigenvalue weighted by molar-refractivity contribution is -0.137. The van der Waals surface area contributed by atoms with Crippen molar-refractivity contribution >= 4 is 29.1 Å². The summed E-state index contributed by atoms with van der Waals surface area (Å²) in [5, 5.41) is 11.1. The lowest BCUT2D eigenvalue weighted by Gasteiger charge is -2.35. The summed E-state index contributed by atoms with van der Waals surface area (Å²) in [6, 6.07) is 15.8. The Hall–Kier alpha value is -3.33. The van der Waals surface area contributed by atoms with Crippen molar-refractivity contribution in [2.45, 2.75) is 6.18 Å². The average molecular weight is 462 g/mol. The Morgan fingerprint density at radius 2 is 1.66 bits per heavy atom. The number of piperazine rings is 1. The van der Waals surface area contributed by atoms with E-state index in [-0.39, 0.29) is 10.7 Å². The predicted octanol–water partition coefficient (Wildman–Crippen LogP) is 5.17. The van der Waals surface area contributed by atoms with E-state index in [0.717, 1.165) is 29.5 Å². The Morgan fingerprint density at radius 1 is 0.938 bits per heavy atom. The third-order valence-electron chi connectivity index (χ3n) is 5.15. The van der Waals surface area contributed by atoms with Crippen LogP contribution >= 0.6 is 11.6 Å². The molecule has 166 valence electrons. The minimum absolute atomic E-state index is 0.0405. The van der Waals surface area contributed by atoms with Crippen LogP contribution in [0.4, 0.5) is 29.5 Å². The smallest absolute Gasteiger partial charge is 0.352 e. The lowest BCUT2D eigenvalue weighted by Crippen LogP contribution is -2.50. The summed E-state index contributed by atoms with van der Waals surface area (Å²) in [6.45, 7) is 1.79. The van der Waals surface area contributed by atoms with Gasteiger partial charge in [-0.05, 0) is 30.3 Å². The normalized spacial score (nSPS) is 14.4. The number of hydrogen-bond donors (Lipinski definition) is 1. The molecular weight excluding hydrogens is 443 g/mol. The van der Waals surface area contributed by atoms with E-state index in [1.54, 1.807) is 0 Å². The monoisotopic (exact) mass is 461 g/mol. The number of carbonyl (C=O) groups excluding carboxylic acids is 1. The van der Waals surface area contributed by atoms with Gasteiger partial charge in [0.2, 0.25) is 0 Å². The zero-order valence-corrected chi connectivity index (χ0v) is 17.6. The van der Waals surface area contributed by atoms with E-state index in [1.807, 2.05) is 47.4 Å². The molecule has 3 aromatic rings. The highest BCUT2D eigenvalue weighted by Gasteiger charge is 2.31. The second-order valence-corrected chi connectivity index (χ2v) is 7.65. The largest absolute Gasteiger partial charge is 0.416 e. The minimum atomic E-state index is -4.52. The standard InChI is InChI=1S/C22H19ClF3N5O/c23-17-7-6-16(22(24,25)26)14-19(17)27-21(32)31-12-10-30(11-13-31)20-9-8-18(28-29-20)15-4-2-1-3-5-15/h1-9,14H,10-13H2,(H,27,32). The average Bonchev–Trinajstić information content (AvgIpc) is 2.80. The predicted molar refractivity (Wildman–Crippen MR) is 117 cm³/mol. The number of alkyl halides is 3. The number of carbonyl (C=O) groups is 1. The Labute approximate surface area is 187 Å². The molecule has 2 amide bonds. The van der Waals surface area contributed by atoms with Crippen molar-refractivity contribution in [1.29, 1.82) is 0 Å². The molecule has 2 heterocycles. The lowest BCUT2D eigenvalue weighted by atomic mass is 10.1. The summed E-state index contributed by atoms with van der Waals surface area (Å²) < 4.78 is 38.8. The van der Waals surface area contributed by atoms with Crippen LogP contribution in [0, 0.1) is 0 Å². The van der Waals surface area contributed by atoms with Crippen molar-refractivity contribution < 1.29 is 18.0 Å². The van der Waals surface area contributed by atoms with Gasteiger partial charge in [-0.2, -0.15) is 13.2 Å². The molecule has 0 bridgehead atoms. The van der Waals surface area contributed by atoms with Crippen LogP contribution in [0.25, 0.3) is 11.3 Å². The number of nitrogens with zero attached hydrogens (tertiary/aromatic N) is 4. The van der Waals surface area contributed by atoms with E-state index in [9.17, 15) is 18.0 Å². The Morgan fingerprint density at radius 3 is 2.28 bits per heavy atom. The van der Waals surface area contributed by atoms with Gasteiger partial charge in [-0.1, -0.05) is 41.9 Å². The van der Waals surface area contributed by atoms with Gasteiger partial charge in [-0.15, -0.1) is 10.2 Å². The molecule has 0 aliphatic carbocycles. The third kappa shape index (κ3) is 4.94. The maximum absolute atomic E-state index is 12.9. The van der Waals surface area contributed by atoms with Crippen LogP contribution in [0.15, 0.2) is 60.7 Å². The van der Waals surface area contributed by atoms with Crippen LogP contribution in [0.3, 0.4) is 0 Å². The molecule has 0 atom stereocenters. The number of halogens is 4. The van der Waals surface area contributed by atoms with Crippen molar-refractivity contribution in [3.05, 3.63) is 71.2 Å². The van der Waals surface area contributed by atoms with Crippen molar-refractivity contribution in [1.82, 2.24) is 15.1 Å². The first-order valence-electron chi connectivity index (χ1n) is 9.88. The Balaban J connectivity index is 1.36. The van der Waals surface area contributed by atoms with Crippen LogP contribution in [0.2, 0.25) is 5.02 Å². The fraction of sp³-hybridized carbons (Fsp3) is 0.227. The molecule has 0 unspecified atom stereocenters. The molecule has 0 radical (unpaired) electrons. The molecule has 2 aromatic carbocycles. The molecule has 1 N–H and O–H groups in total. The summed E-state index contributed by atoms with van der Waals surface area (Å²) in [6.07, 6.45) is -4.52. The number of aromatic nitrogens is 2. The number of benzene rings is 2. The highest BCUT2D eigenvalue weighted by Crippen LogP contribution is 2.34. The van der Waals surface area contributed by atoms with Gasteiger partial charge < -0.3 is 15.1 Å². The van der Waals surface area contributed by atoms with E-state index in [0.29, 0.717) is 32.0 Å². The molecule has 0 spiro atoms. The van der Waals surface area contributed by atoms with Crippen LogP contribution in [0.1, 0.15) is 5.56 Å². The van der Waals surface area contributed by atoms with Crippen molar-refractivity contribution in [3.8, 4) is 11.3 Å². The maximum Gasteiger partial charge on any atom is 0.416 e. The van der Waals surface area contributed by atoms with E-state index >= 15 is 0 Å². The van der Waals surface area contributed by atoms with Crippen molar-refractivity contribution in [2.75, 3.05) is 36.4 Å². The number of rotatable bonds is 3. The van der Waals surface area contributed by atoms with Crippen molar-refractivity contribution in [3.63, 3.8) is 0 Å². The van der Waals surface area contributed by atoms with Crippen LogP contribution in [-0.2, 0) is 6.18 Å². The fourth-order valence-corrected chi connectivity index (χ4v) is 3.55. The SMILES string of the molecule is O=C(Nc1cc(C(F)(F)F)ccc1Cl)N1CCN(c2ccc(-c3ccccc3)nn2)CC1. The second-order valence-electron chi connectivity index (χ2n) is 7.24. The third-order valence-corrected chi connectivity index (χ3v) is 5.48. The first-order chi connectivity index (χ1) is 15.3. The zero-order valence-electron chi connectivity index (χ0n) is 16.8. The van der Waals surface area contributed by atoms with Crippen LogP contribution in [-0.4, -0.2) is 47.3 Å².